The van der Waals surface area contributed by atoms with E-state index in [2.05, 4.69) is 20.8 Å². The van der Waals surface area contributed by atoms with Crippen LogP contribution in [0.3, 0.4) is 0 Å². The summed E-state index contributed by atoms with van der Waals surface area (Å²) in [4.78, 5) is 26.1. The monoisotopic (exact) mass is 712 g/mol. The first-order valence-electron chi connectivity index (χ1n) is 19.2. The van der Waals surface area contributed by atoms with Gasteiger partial charge in [-0.15, -0.1) is 0 Å². The van der Waals surface area contributed by atoms with Crippen LogP contribution in [0, 0.1) is 0 Å². The molecule has 0 N–H and O–H groups in total. The van der Waals surface area contributed by atoms with Gasteiger partial charge in [-0.1, -0.05) is 58.3 Å². The molecule has 1 rings (SSSR count). The summed E-state index contributed by atoms with van der Waals surface area (Å²) in [5.41, 5.74) is 0.555. The third-order valence-electron chi connectivity index (χ3n) is 9.24. The summed E-state index contributed by atoms with van der Waals surface area (Å²) in [6.07, 6.45) is 37.7. The molecule has 1 aliphatic rings. The molecule has 0 saturated heterocycles. The van der Waals surface area contributed by atoms with Crippen molar-refractivity contribution in [3.05, 3.63) is 11.6 Å². The quantitative estimate of drug-likeness (QED) is 0.0531. The van der Waals surface area contributed by atoms with Gasteiger partial charge in [0.25, 0.3) is 0 Å². The van der Waals surface area contributed by atoms with Crippen LogP contribution >= 0.6 is 0 Å². The maximum absolute atomic E-state index is 13.2. The molecule has 0 unspecified atom stereocenters. The maximum atomic E-state index is 13.2. The van der Waals surface area contributed by atoms with Gasteiger partial charge in [-0.2, -0.15) is 0 Å². The van der Waals surface area contributed by atoms with Gasteiger partial charge in [-0.05, 0) is 0 Å². The fourth-order valence-electron chi connectivity index (χ4n) is 6.39. The van der Waals surface area contributed by atoms with Crippen LogP contribution < -0.4 is 0 Å². The van der Waals surface area contributed by atoms with Crippen LogP contribution in [0.5, 0.6) is 0 Å². The summed E-state index contributed by atoms with van der Waals surface area (Å²) in [6, 6.07) is 0. The van der Waals surface area contributed by atoms with Crippen molar-refractivity contribution in [2.24, 2.45) is 0 Å². The molecule has 1 aliphatic heterocycles. The number of carbonyl (C=O) groups excluding carboxylic acids is 2. The molecule has 5 heteroatoms. The third kappa shape index (κ3) is 22.6. The van der Waals surface area contributed by atoms with E-state index in [0.29, 0.717) is 12.0 Å². The van der Waals surface area contributed by atoms with Crippen LogP contribution in [0.25, 0.3) is 0 Å². The molecule has 0 saturated carbocycles. The molecule has 4 nitrogen and oxygen atoms in total. The van der Waals surface area contributed by atoms with Gasteiger partial charge in [0.1, 0.15) is 0 Å². The Morgan fingerprint density at radius 3 is 1.14 bits per heavy atom. The fourth-order valence-corrected chi connectivity index (χ4v) is 15.4. The molecular formula is C38H72O4Sn. The summed E-state index contributed by atoms with van der Waals surface area (Å²) >= 11 is -3.80. The molecule has 0 aromatic heterocycles. The standard InChI is InChI=1S/C22H40O4.2C8H17.Sn/c1-2-3-4-5-6-7-8-9-10-11-12-13-14-15-16-17-18-20(22(25)26)19-21(23)24;2*1-3-5-7-8-6-4-2;/h19H,2-18H2,1H3,(H,23,24)(H,25,26);2*1,3-8H2,2H3;/q;;;+2/p-2. The van der Waals surface area contributed by atoms with E-state index in [1.807, 2.05) is 0 Å². The molecule has 1 heterocycles. The molecule has 43 heavy (non-hydrogen) atoms. The normalized spacial score (nSPS) is 14.8. The number of unbranched alkanes of at least 4 members (excludes halogenated alkanes) is 25. The first-order valence-corrected chi connectivity index (χ1v) is 25.6. The fraction of sp³-hybridized carbons (Fsp3) is 0.895. The summed E-state index contributed by atoms with van der Waals surface area (Å²) in [5.74, 6) is -0.537. The van der Waals surface area contributed by atoms with Crippen LogP contribution in [0.2, 0.25) is 8.87 Å². The second-order valence-corrected chi connectivity index (χ2v) is 22.7. The molecule has 0 amide bonds. The summed E-state index contributed by atoms with van der Waals surface area (Å²) in [6.45, 7) is 6.76. The molecule has 0 radical (unpaired) electrons. The Balaban J connectivity index is 2.31. The predicted octanol–water partition coefficient (Wildman–Crippen LogP) is 12.8. The van der Waals surface area contributed by atoms with Gasteiger partial charge in [-0.25, -0.2) is 0 Å². The van der Waals surface area contributed by atoms with Crippen molar-refractivity contribution < 1.29 is 15.7 Å². The Labute approximate surface area is 273 Å². The third-order valence-corrected chi connectivity index (χ3v) is 18.8. The molecule has 0 spiro atoms. The zero-order valence-corrected chi connectivity index (χ0v) is 32.0. The van der Waals surface area contributed by atoms with E-state index >= 15 is 0 Å². The number of hydrogen-bond donors (Lipinski definition) is 0. The molecule has 0 aliphatic carbocycles. The van der Waals surface area contributed by atoms with Gasteiger partial charge in [0.05, 0.1) is 0 Å². The summed E-state index contributed by atoms with van der Waals surface area (Å²) in [5, 5.41) is 0. The Kier molecular flexibility index (Phi) is 27.2. The van der Waals surface area contributed by atoms with Gasteiger partial charge < -0.3 is 0 Å². The van der Waals surface area contributed by atoms with Gasteiger partial charge in [0.15, 0.2) is 0 Å². The van der Waals surface area contributed by atoms with E-state index in [9.17, 15) is 9.59 Å². The molecular weight excluding hydrogens is 639 g/mol. The summed E-state index contributed by atoms with van der Waals surface area (Å²) in [7, 11) is 0. The molecule has 0 bridgehead atoms. The second-order valence-electron chi connectivity index (χ2n) is 13.5. The minimum absolute atomic E-state index is 0.237. The number of carbonyl (C=O) groups is 2. The first kappa shape index (κ1) is 40.5. The van der Waals surface area contributed by atoms with Gasteiger partial charge >= 0.3 is 216 Å². The van der Waals surface area contributed by atoms with Crippen molar-refractivity contribution in [1.29, 1.82) is 0 Å². The van der Waals surface area contributed by atoms with Crippen molar-refractivity contribution in [2.75, 3.05) is 0 Å². The predicted molar refractivity (Wildman–Crippen MR) is 187 cm³/mol. The van der Waals surface area contributed by atoms with Crippen molar-refractivity contribution >= 4 is 31.1 Å². The SMILES string of the molecule is CCCCCCCCCCCCCCCCCCC1=CC(=O)[O][Sn]([CH2]CCCCCCC)([CH2]CCCCCCC)[O]C1=O. The first-order chi connectivity index (χ1) is 21.1. The molecule has 0 fully saturated rings. The topological polar surface area (TPSA) is 52.6 Å². The average molecular weight is 712 g/mol. The van der Waals surface area contributed by atoms with Crippen LogP contribution in [0.1, 0.15) is 207 Å². The van der Waals surface area contributed by atoms with Crippen molar-refractivity contribution in [3.63, 3.8) is 0 Å². The Morgan fingerprint density at radius 2 is 0.767 bits per heavy atom. The zero-order chi connectivity index (χ0) is 31.3. The van der Waals surface area contributed by atoms with Crippen LogP contribution in [-0.4, -0.2) is 31.1 Å². The zero-order valence-electron chi connectivity index (χ0n) is 29.1. The van der Waals surface area contributed by atoms with E-state index in [0.717, 1.165) is 47.4 Å². The van der Waals surface area contributed by atoms with Crippen molar-refractivity contribution in [1.82, 2.24) is 0 Å². The van der Waals surface area contributed by atoms with E-state index in [1.54, 1.807) is 0 Å². The molecule has 0 aromatic carbocycles. The summed E-state index contributed by atoms with van der Waals surface area (Å²) < 4.78 is 14.1. The Hall–Kier alpha value is -0.521. The van der Waals surface area contributed by atoms with Crippen LogP contribution in [0.15, 0.2) is 11.6 Å². The number of hydrogen-bond acceptors (Lipinski definition) is 4. The van der Waals surface area contributed by atoms with Crippen LogP contribution in [-0.2, 0) is 15.7 Å². The Bertz CT molecular complexity index is 688. The van der Waals surface area contributed by atoms with Gasteiger partial charge in [0, 0.05) is 0 Å². The average Bonchev–Trinajstić information content (AvgIpc) is 3.11. The van der Waals surface area contributed by atoms with E-state index < -0.39 is 19.2 Å². The molecule has 0 aromatic rings. The van der Waals surface area contributed by atoms with Crippen LogP contribution in [0.4, 0.5) is 0 Å². The number of rotatable bonds is 31. The van der Waals surface area contributed by atoms with Gasteiger partial charge in [0.2, 0.25) is 0 Å². The van der Waals surface area contributed by atoms with E-state index in [4.69, 9.17) is 6.15 Å². The molecule has 252 valence electrons. The van der Waals surface area contributed by atoms with E-state index in [-0.39, 0.29) is 11.9 Å². The minimum atomic E-state index is -3.80. The second kappa shape index (κ2) is 28.9. The van der Waals surface area contributed by atoms with Crippen molar-refractivity contribution in [2.45, 2.75) is 216 Å². The Morgan fingerprint density at radius 1 is 0.442 bits per heavy atom. The van der Waals surface area contributed by atoms with Gasteiger partial charge in [-0.3, -0.25) is 0 Å². The molecule has 0 atom stereocenters. The van der Waals surface area contributed by atoms with E-state index in [1.165, 1.54) is 147 Å². The van der Waals surface area contributed by atoms with Crippen molar-refractivity contribution in [3.8, 4) is 0 Å².